The molecule has 5 nitrogen and oxygen atoms in total. The number of halogens is 3. The van der Waals surface area contributed by atoms with E-state index in [-0.39, 0.29) is 16.5 Å². The van der Waals surface area contributed by atoms with Crippen LogP contribution in [0.1, 0.15) is 24.5 Å². The maximum absolute atomic E-state index is 13.3. The van der Waals surface area contributed by atoms with Gasteiger partial charge in [0.1, 0.15) is 6.54 Å². The van der Waals surface area contributed by atoms with Crippen LogP contribution in [0.2, 0.25) is 0 Å². The van der Waals surface area contributed by atoms with Crippen LogP contribution in [0.15, 0.2) is 89.8 Å². The molecule has 1 N–H and O–H groups in total. The van der Waals surface area contributed by atoms with Crippen LogP contribution in [0.4, 0.5) is 18.9 Å². The van der Waals surface area contributed by atoms with E-state index in [1.54, 1.807) is 6.07 Å². The zero-order valence-corrected chi connectivity index (χ0v) is 20.0. The summed E-state index contributed by atoms with van der Waals surface area (Å²) in [5.41, 5.74) is -0.126. The van der Waals surface area contributed by atoms with Gasteiger partial charge in [-0.1, -0.05) is 67.9 Å². The summed E-state index contributed by atoms with van der Waals surface area (Å²) in [6.07, 6.45) is -3.14. The lowest BCUT2D eigenvalue weighted by Crippen LogP contribution is -2.42. The smallest absolute Gasteiger partial charge is 0.354 e. The Morgan fingerprint density at radius 3 is 2.17 bits per heavy atom. The Bertz CT molecular complexity index is 1220. The highest BCUT2D eigenvalue weighted by Crippen LogP contribution is 2.33. The number of hydrogen-bond acceptors (Lipinski definition) is 3. The Morgan fingerprint density at radius 2 is 1.57 bits per heavy atom. The molecule has 35 heavy (non-hydrogen) atoms. The largest absolute Gasteiger partial charge is 0.416 e. The third-order valence-corrected chi connectivity index (χ3v) is 7.40. The molecule has 0 heterocycles. The van der Waals surface area contributed by atoms with Gasteiger partial charge in [0, 0.05) is 6.54 Å². The van der Waals surface area contributed by atoms with Gasteiger partial charge in [0.25, 0.3) is 10.0 Å². The highest BCUT2D eigenvalue weighted by atomic mass is 32.2. The van der Waals surface area contributed by atoms with Crippen LogP contribution >= 0.6 is 0 Å². The third kappa shape index (κ3) is 7.08. The van der Waals surface area contributed by atoms with Crippen LogP contribution in [0.5, 0.6) is 0 Å². The normalized spacial score (nSPS) is 12.7. The van der Waals surface area contributed by atoms with Gasteiger partial charge in [0.15, 0.2) is 0 Å². The van der Waals surface area contributed by atoms with Gasteiger partial charge in [-0.05, 0) is 48.2 Å². The maximum atomic E-state index is 13.3. The van der Waals surface area contributed by atoms with Gasteiger partial charge in [-0.2, -0.15) is 13.2 Å². The van der Waals surface area contributed by atoms with Crippen LogP contribution in [0.25, 0.3) is 0 Å². The summed E-state index contributed by atoms with van der Waals surface area (Å²) in [7, 11) is -4.30. The second kappa shape index (κ2) is 11.4. The van der Waals surface area contributed by atoms with Crippen LogP contribution in [-0.4, -0.2) is 27.4 Å². The predicted octanol–water partition coefficient (Wildman–Crippen LogP) is 5.29. The summed E-state index contributed by atoms with van der Waals surface area (Å²) in [6, 6.07) is 21.0. The van der Waals surface area contributed by atoms with E-state index in [1.807, 2.05) is 37.3 Å². The monoisotopic (exact) mass is 504 g/mol. The van der Waals surface area contributed by atoms with Gasteiger partial charge < -0.3 is 5.32 Å². The van der Waals surface area contributed by atoms with E-state index in [4.69, 9.17) is 0 Å². The first-order valence-corrected chi connectivity index (χ1v) is 12.6. The number of benzene rings is 3. The number of carbonyl (C=O) groups is 1. The lowest BCUT2D eigenvalue weighted by Gasteiger charge is -2.25. The molecular weight excluding hydrogens is 477 g/mol. The number of carbonyl (C=O) groups excluding carboxylic acids is 1. The molecule has 0 aliphatic rings. The molecule has 0 saturated heterocycles. The molecular formula is C26H27F3N2O3S. The van der Waals surface area contributed by atoms with Crippen LogP contribution in [-0.2, 0) is 27.4 Å². The molecule has 3 rings (SSSR count). The van der Waals surface area contributed by atoms with Crippen molar-refractivity contribution in [3.63, 3.8) is 0 Å². The lowest BCUT2D eigenvalue weighted by molar-refractivity contribution is -0.137. The van der Waals surface area contributed by atoms with Crippen molar-refractivity contribution < 1.29 is 26.4 Å². The summed E-state index contributed by atoms with van der Waals surface area (Å²) >= 11 is 0. The molecule has 3 aromatic rings. The zero-order chi connectivity index (χ0) is 25.5. The van der Waals surface area contributed by atoms with Gasteiger partial charge in [-0.15, -0.1) is 0 Å². The fourth-order valence-corrected chi connectivity index (χ4v) is 5.06. The van der Waals surface area contributed by atoms with Gasteiger partial charge in [0.2, 0.25) is 5.91 Å². The molecule has 186 valence electrons. The Morgan fingerprint density at radius 1 is 0.943 bits per heavy atom. The van der Waals surface area contributed by atoms with E-state index in [2.05, 4.69) is 5.32 Å². The minimum atomic E-state index is -4.66. The van der Waals surface area contributed by atoms with Gasteiger partial charge >= 0.3 is 6.18 Å². The highest BCUT2D eigenvalue weighted by molar-refractivity contribution is 7.92. The minimum absolute atomic E-state index is 0.120. The standard InChI is InChI=1S/C26H27F3N2O3S/c1-2-20(16-21-10-5-3-6-11-21)18-30-25(32)19-31(35(33,34)24-14-7-4-8-15-24)23-13-9-12-22(17-23)26(27,28)29/h3-15,17,20H,2,16,18-19H2,1H3,(H,30,32). The molecule has 0 radical (unpaired) electrons. The van der Waals surface area contributed by atoms with Gasteiger partial charge in [0.05, 0.1) is 16.1 Å². The average molecular weight is 505 g/mol. The van der Waals surface area contributed by atoms with Crippen molar-refractivity contribution in [2.75, 3.05) is 17.4 Å². The Labute approximate surface area is 203 Å². The lowest BCUT2D eigenvalue weighted by atomic mass is 9.97. The van der Waals surface area contributed by atoms with Crippen molar-refractivity contribution in [3.05, 3.63) is 96.1 Å². The Balaban J connectivity index is 1.82. The second-order valence-corrected chi connectivity index (χ2v) is 10.0. The third-order valence-electron chi connectivity index (χ3n) is 5.61. The van der Waals surface area contributed by atoms with E-state index in [9.17, 15) is 26.4 Å². The molecule has 1 amide bonds. The molecule has 0 fully saturated rings. The van der Waals surface area contributed by atoms with Crippen LogP contribution < -0.4 is 9.62 Å². The van der Waals surface area contributed by atoms with Crippen molar-refractivity contribution in [2.45, 2.75) is 30.8 Å². The second-order valence-electron chi connectivity index (χ2n) is 8.14. The summed E-state index contributed by atoms with van der Waals surface area (Å²) in [5.74, 6) is -0.484. The van der Waals surface area contributed by atoms with Crippen molar-refractivity contribution in [3.8, 4) is 0 Å². The number of alkyl halides is 3. The quantitative estimate of drug-likeness (QED) is 0.408. The molecule has 0 aliphatic carbocycles. The Hall–Kier alpha value is -3.33. The fourth-order valence-electron chi connectivity index (χ4n) is 3.62. The van der Waals surface area contributed by atoms with E-state index < -0.39 is 34.2 Å². The van der Waals surface area contributed by atoms with Gasteiger partial charge in [-0.3, -0.25) is 9.10 Å². The number of nitrogens with one attached hydrogen (secondary N) is 1. The van der Waals surface area contributed by atoms with Crippen molar-refractivity contribution in [1.82, 2.24) is 5.32 Å². The Kier molecular flexibility index (Phi) is 8.56. The topological polar surface area (TPSA) is 66.5 Å². The molecule has 1 unspecified atom stereocenters. The fraction of sp³-hybridized carbons (Fsp3) is 0.269. The number of rotatable bonds is 10. The number of sulfonamides is 1. The first-order chi connectivity index (χ1) is 16.6. The van der Waals surface area contributed by atoms with E-state index >= 15 is 0 Å². The summed E-state index contributed by atoms with van der Waals surface area (Å²) in [6.45, 7) is 1.65. The minimum Gasteiger partial charge on any atom is -0.354 e. The van der Waals surface area contributed by atoms with Crippen molar-refractivity contribution >= 4 is 21.6 Å². The average Bonchev–Trinajstić information content (AvgIpc) is 2.85. The number of nitrogens with zero attached hydrogens (tertiary/aromatic N) is 1. The SMILES string of the molecule is CCC(CNC(=O)CN(c1cccc(C(F)(F)F)c1)S(=O)(=O)c1ccccc1)Cc1ccccc1. The zero-order valence-electron chi connectivity index (χ0n) is 19.2. The molecule has 0 aliphatic heterocycles. The van der Waals surface area contributed by atoms with E-state index in [0.717, 1.165) is 36.6 Å². The predicted molar refractivity (Wildman–Crippen MR) is 129 cm³/mol. The molecule has 1 atom stereocenters. The number of anilines is 1. The molecule has 9 heteroatoms. The molecule has 0 bridgehead atoms. The number of amides is 1. The highest BCUT2D eigenvalue weighted by Gasteiger charge is 2.33. The molecule has 0 aromatic heterocycles. The molecule has 0 saturated carbocycles. The van der Waals surface area contributed by atoms with Crippen molar-refractivity contribution in [2.24, 2.45) is 5.92 Å². The maximum Gasteiger partial charge on any atom is 0.416 e. The van der Waals surface area contributed by atoms with E-state index in [0.29, 0.717) is 10.8 Å². The first kappa shape index (κ1) is 26.3. The summed E-state index contributed by atoms with van der Waals surface area (Å²) in [4.78, 5) is 12.7. The van der Waals surface area contributed by atoms with Gasteiger partial charge in [-0.25, -0.2) is 8.42 Å². The number of hydrogen-bond donors (Lipinski definition) is 1. The van der Waals surface area contributed by atoms with E-state index in [1.165, 1.54) is 30.3 Å². The molecule has 0 spiro atoms. The summed E-state index contributed by atoms with van der Waals surface area (Å²) in [5, 5.41) is 2.76. The first-order valence-electron chi connectivity index (χ1n) is 11.2. The van der Waals surface area contributed by atoms with Crippen LogP contribution in [0, 0.1) is 5.92 Å². The summed E-state index contributed by atoms with van der Waals surface area (Å²) < 4.78 is 67.3. The van der Waals surface area contributed by atoms with Crippen LogP contribution in [0.3, 0.4) is 0 Å². The molecule has 3 aromatic carbocycles. The van der Waals surface area contributed by atoms with Crippen molar-refractivity contribution in [1.29, 1.82) is 0 Å².